The lowest BCUT2D eigenvalue weighted by Gasteiger charge is -2.13. The van der Waals surface area contributed by atoms with Crippen molar-refractivity contribution in [3.63, 3.8) is 0 Å². The van der Waals surface area contributed by atoms with Crippen LogP contribution in [0.2, 0.25) is 0 Å². The molecule has 1 rings (SSSR count). The van der Waals surface area contributed by atoms with Crippen LogP contribution in [0.25, 0.3) is 0 Å². The van der Waals surface area contributed by atoms with Gasteiger partial charge in [0.2, 0.25) is 11.8 Å². The molecule has 1 saturated heterocycles. The number of carboxylic acid groups (broad SMARTS) is 1. The van der Waals surface area contributed by atoms with Crippen LogP contribution < -0.4 is 10.6 Å². The van der Waals surface area contributed by atoms with Crippen molar-refractivity contribution in [3.8, 4) is 0 Å². The standard InChI is InChI=1S/C8H12N2O4/c1-4(8(13)14)9-7(12)5-2-3-6(11)10-5/h4-5H,2-3H2,1H3,(H,9,12)(H,10,11)(H,13,14)/t4-,5+/m1/s1. The largest absolute Gasteiger partial charge is 0.480 e. The smallest absolute Gasteiger partial charge is 0.325 e. The highest BCUT2D eigenvalue weighted by molar-refractivity contribution is 5.92. The Morgan fingerprint density at radius 2 is 2.29 bits per heavy atom. The van der Waals surface area contributed by atoms with Gasteiger partial charge in [-0.15, -0.1) is 0 Å². The molecule has 2 amide bonds. The number of aliphatic carboxylic acids is 1. The number of nitrogens with one attached hydrogen (secondary N) is 2. The number of hydrogen-bond acceptors (Lipinski definition) is 3. The minimum absolute atomic E-state index is 0.173. The fourth-order valence-corrected chi connectivity index (χ4v) is 1.19. The minimum Gasteiger partial charge on any atom is -0.480 e. The predicted molar refractivity (Wildman–Crippen MR) is 46.4 cm³/mol. The highest BCUT2D eigenvalue weighted by Crippen LogP contribution is 2.06. The first-order valence-electron chi connectivity index (χ1n) is 4.33. The maximum absolute atomic E-state index is 11.3. The van der Waals surface area contributed by atoms with Crippen LogP contribution in [-0.4, -0.2) is 35.0 Å². The van der Waals surface area contributed by atoms with E-state index in [1.54, 1.807) is 0 Å². The number of amides is 2. The summed E-state index contributed by atoms with van der Waals surface area (Å²) in [7, 11) is 0. The Morgan fingerprint density at radius 3 is 2.71 bits per heavy atom. The van der Waals surface area contributed by atoms with E-state index in [4.69, 9.17) is 5.11 Å². The van der Waals surface area contributed by atoms with Crippen LogP contribution in [0.3, 0.4) is 0 Å². The molecule has 2 atom stereocenters. The van der Waals surface area contributed by atoms with E-state index < -0.39 is 24.0 Å². The summed E-state index contributed by atoms with van der Waals surface area (Å²) in [6, 6.07) is -1.51. The lowest BCUT2D eigenvalue weighted by Crippen LogP contribution is -2.47. The molecule has 0 saturated carbocycles. The maximum atomic E-state index is 11.3. The van der Waals surface area contributed by atoms with Gasteiger partial charge in [-0.1, -0.05) is 0 Å². The van der Waals surface area contributed by atoms with E-state index in [-0.39, 0.29) is 5.91 Å². The summed E-state index contributed by atoms with van der Waals surface area (Å²) in [5.74, 6) is -1.71. The van der Waals surface area contributed by atoms with Crippen molar-refractivity contribution in [2.45, 2.75) is 31.8 Å². The van der Waals surface area contributed by atoms with Gasteiger partial charge in [0.25, 0.3) is 0 Å². The second-order valence-corrected chi connectivity index (χ2v) is 3.23. The number of carbonyl (C=O) groups is 3. The van der Waals surface area contributed by atoms with Gasteiger partial charge in [0.1, 0.15) is 12.1 Å². The van der Waals surface area contributed by atoms with Crippen LogP contribution in [-0.2, 0) is 14.4 Å². The maximum Gasteiger partial charge on any atom is 0.325 e. The molecular weight excluding hydrogens is 188 g/mol. The van der Waals surface area contributed by atoms with Crippen LogP contribution in [0.1, 0.15) is 19.8 Å². The third-order valence-electron chi connectivity index (χ3n) is 2.04. The number of carboxylic acids is 1. The van der Waals surface area contributed by atoms with E-state index in [0.717, 1.165) is 0 Å². The van der Waals surface area contributed by atoms with E-state index in [1.165, 1.54) is 6.92 Å². The summed E-state index contributed by atoms with van der Waals surface area (Å²) in [5, 5.41) is 13.3. The summed E-state index contributed by atoms with van der Waals surface area (Å²) in [6.45, 7) is 1.37. The third-order valence-corrected chi connectivity index (χ3v) is 2.04. The lowest BCUT2D eigenvalue weighted by molar-refractivity contribution is -0.141. The molecule has 0 aromatic rings. The van der Waals surface area contributed by atoms with Crippen molar-refractivity contribution in [3.05, 3.63) is 0 Å². The minimum atomic E-state index is -1.09. The first-order valence-corrected chi connectivity index (χ1v) is 4.33. The van der Waals surface area contributed by atoms with E-state index in [9.17, 15) is 14.4 Å². The molecule has 1 aliphatic heterocycles. The molecule has 3 N–H and O–H groups in total. The monoisotopic (exact) mass is 200 g/mol. The van der Waals surface area contributed by atoms with Crippen molar-refractivity contribution in [2.75, 3.05) is 0 Å². The van der Waals surface area contributed by atoms with Gasteiger partial charge in [-0.05, 0) is 13.3 Å². The molecule has 14 heavy (non-hydrogen) atoms. The predicted octanol–water partition coefficient (Wildman–Crippen LogP) is -1.15. The molecule has 0 aromatic heterocycles. The van der Waals surface area contributed by atoms with Gasteiger partial charge in [0.05, 0.1) is 0 Å². The molecule has 6 heteroatoms. The van der Waals surface area contributed by atoms with Gasteiger partial charge in [0.15, 0.2) is 0 Å². The zero-order valence-electron chi connectivity index (χ0n) is 7.74. The zero-order valence-corrected chi connectivity index (χ0v) is 7.74. The molecule has 1 aliphatic rings. The van der Waals surface area contributed by atoms with E-state index in [1.807, 2.05) is 0 Å². The SMILES string of the molecule is C[C@@H](NC(=O)[C@@H]1CCC(=O)N1)C(=O)O. The second kappa shape index (κ2) is 4.08. The van der Waals surface area contributed by atoms with E-state index >= 15 is 0 Å². The highest BCUT2D eigenvalue weighted by atomic mass is 16.4. The molecule has 0 unspecified atom stereocenters. The second-order valence-electron chi connectivity index (χ2n) is 3.23. The van der Waals surface area contributed by atoms with Crippen LogP contribution in [0.15, 0.2) is 0 Å². The molecule has 78 valence electrons. The van der Waals surface area contributed by atoms with Crippen LogP contribution in [0.5, 0.6) is 0 Å². The summed E-state index contributed by atoms with van der Waals surface area (Å²) >= 11 is 0. The van der Waals surface area contributed by atoms with Gasteiger partial charge in [0, 0.05) is 6.42 Å². The third kappa shape index (κ3) is 2.45. The fourth-order valence-electron chi connectivity index (χ4n) is 1.19. The normalized spacial score (nSPS) is 22.6. The Bertz CT molecular complexity index is 277. The Kier molecular flexibility index (Phi) is 3.06. The van der Waals surface area contributed by atoms with Gasteiger partial charge < -0.3 is 15.7 Å². The first-order chi connectivity index (χ1) is 6.50. The van der Waals surface area contributed by atoms with E-state index in [0.29, 0.717) is 12.8 Å². The van der Waals surface area contributed by atoms with Crippen LogP contribution in [0.4, 0.5) is 0 Å². The molecule has 0 aromatic carbocycles. The van der Waals surface area contributed by atoms with Crippen molar-refractivity contribution in [1.29, 1.82) is 0 Å². The van der Waals surface area contributed by atoms with Gasteiger partial charge in [-0.2, -0.15) is 0 Å². The molecule has 0 bridgehead atoms. The first kappa shape index (κ1) is 10.5. The van der Waals surface area contributed by atoms with Crippen molar-refractivity contribution >= 4 is 17.8 Å². The summed E-state index contributed by atoms with van der Waals surface area (Å²) < 4.78 is 0. The Hall–Kier alpha value is -1.59. The lowest BCUT2D eigenvalue weighted by atomic mass is 10.2. The summed E-state index contributed by atoms with van der Waals surface area (Å²) in [4.78, 5) is 32.5. The summed E-state index contributed by atoms with van der Waals surface area (Å²) in [6.07, 6.45) is 0.747. The molecule has 1 heterocycles. The summed E-state index contributed by atoms with van der Waals surface area (Å²) in [5.41, 5.74) is 0. The molecule has 0 spiro atoms. The van der Waals surface area contributed by atoms with Crippen molar-refractivity contribution in [2.24, 2.45) is 0 Å². The Labute approximate surface area is 80.7 Å². The topological polar surface area (TPSA) is 95.5 Å². The average Bonchev–Trinajstić information content (AvgIpc) is 2.51. The van der Waals surface area contributed by atoms with Gasteiger partial charge in [-0.3, -0.25) is 14.4 Å². The number of hydrogen-bond donors (Lipinski definition) is 3. The highest BCUT2D eigenvalue weighted by Gasteiger charge is 2.28. The van der Waals surface area contributed by atoms with Gasteiger partial charge >= 0.3 is 5.97 Å². The van der Waals surface area contributed by atoms with Crippen LogP contribution >= 0.6 is 0 Å². The average molecular weight is 200 g/mol. The fraction of sp³-hybridized carbons (Fsp3) is 0.625. The zero-order chi connectivity index (χ0) is 10.7. The van der Waals surface area contributed by atoms with Crippen LogP contribution in [0, 0.1) is 0 Å². The Morgan fingerprint density at radius 1 is 1.64 bits per heavy atom. The molecular formula is C8H12N2O4. The number of carbonyl (C=O) groups excluding carboxylic acids is 2. The van der Waals surface area contributed by atoms with Crippen molar-refractivity contribution < 1.29 is 19.5 Å². The number of rotatable bonds is 3. The molecule has 0 radical (unpaired) electrons. The molecule has 0 aliphatic carbocycles. The van der Waals surface area contributed by atoms with E-state index in [2.05, 4.69) is 10.6 Å². The quantitative estimate of drug-likeness (QED) is 0.536. The van der Waals surface area contributed by atoms with Crippen molar-refractivity contribution in [1.82, 2.24) is 10.6 Å². The molecule has 1 fully saturated rings. The Balaban J connectivity index is 2.42. The molecule has 6 nitrogen and oxygen atoms in total. The van der Waals surface area contributed by atoms with Gasteiger partial charge in [-0.25, -0.2) is 0 Å².